The molecule has 0 saturated carbocycles. The molecule has 1 unspecified atom stereocenters. The summed E-state index contributed by atoms with van der Waals surface area (Å²) in [7, 11) is 1.64. The largest absolute Gasteiger partial charge is 0.497 e. The first-order valence-corrected chi connectivity index (χ1v) is 4.97. The molecule has 2 aromatic rings. The second kappa shape index (κ2) is 4.72. The fraction of sp³-hybridized carbons (Fsp3) is 0.167. The molecule has 0 aliphatic heterocycles. The van der Waals surface area contributed by atoms with Gasteiger partial charge in [-0.05, 0) is 29.3 Å². The molecule has 1 atom stereocenters. The van der Waals surface area contributed by atoms with Crippen LogP contribution in [-0.2, 0) is 0 Å². The number of methoxy groups -OCH3 is 1. The van der Waals surface area contributed by atoms with E-state index in [0.29, 0.717) is 0 Å². The van der Waals surface area contributed by atoms with Gasteiger partial charge in [0.25, 0.3) is 0 Å². The Kier molecular flexibility index (Phi) is 3.12. The third kappa shape index (κ3) is 2.17. The number of benzene rings is 1. The molecule has 0 bridgehead atoms. The summed E-state index contributed by atoms with van der Waals surface area (Å²) in [6, 6.07) is 9.35. The molecule has 16 heavy (non-hydrogen) atoms. The Balaban J connectivity index is 2.30. The van der Waals surface area contributed by atoms with Crippen molar-refractivity contribution in [2.75, 3.05) is 7.11 Å². The molecular formula is C12H13N3O. The lowest BCUT2D eigenvalue weighted by Crippen LogP contribution is -2.12. The lowest BCUT2D eigenvalue weighted by Gasteiger charge is -2.12. The van der Waals surface area contributed by atoms with Crippen molar-refractivity contribution < 1.29 is 4.74 Å². The second-order valence-electron chi connectivity index (χ2n) is 3.43. The predicted octanol–water partition coefficient (Wildman–Crippen LogP) is 1.53. The molecule has 4 heteroatoms. The number of hydrogen-bond acceptors (Lipinski definition) is 4. The third-order valence-corrected chi connectivity index (χ3v) is 2.42. The van der Waals surface area contributed by atoms with Gasteiger partial charge >= 0.3 is 0 Å². The molecule has 1 heterocycles. The number of aromatic nitrogens is 2. The molecule has 2 N–H and O–H groups in total. The summed E-state index contributed by atoms with van der Waals surface area (Å²) in [6.45, 7) is 0. The molecule has 0 radical (unpaired) electrons. The van der Waals surface area contributed by atoms with Gasteiger partial charge in [0.1, 0.15) is 5.75 Å². The number of ether oxygens (including phenoxy) is 1. The summed E-state index contributed by atoms with van der Waals surface area (Å²) in [5, 5.41) is 7.54. The van der Waals surface area contributed by atoms with Crippen molar-refractivity contribution >= 4 is 0 Å². The zero-order valence-electron chi connectivity index (χ0n) is 9.00. The first-order chi connectivity index (χ1) is 7.81. The SMILES string of the molecule is COc1cccc(C(N)c2ccnnc2)c1. The zero-order chi connectivity index (χ0) is 11.4. The Hall–Kier alpha value is -1.94. The molecule has 1 aromatic heterocycles. The summed E-state index contributed by atoms with van der Waals surface area (Å²) >= 11 is 0. The van der Waals surface area contributed by atoms with E-state index in [-0.39, 0.29) is 6.04 Å². The van der Waals surface area contributed by atoms with E-state index in [2.05, 4.69) is 10.2 Å². The van der Waals surface area contributed by atoms with Crippen molar-refractivity contribution in [3.8, 4) is 5.75 Å². The van der Waals surface area contributed by atoms with Crippen molar-refractivity contribution in [1.29, 1.82) is 0 Å². The van der Waals surface area contributed by atoms with Crippen LogP contribution in [0.4, 0.5) is 0 Å². The van der Waals surface area contributed by atoms with Gasteiger partial charge in [-0.15, -0.1) is 0 Å². The molecule has 4 nitrogen and oxygen atoms in total. The number of nitrogens with two attached hydrogens (primary N) is 1. The molecule has 0 amide bonds. The van der Waals surface area contributed by atoms with Gasteiger partial charge in [0, 0.05) is 6.20 Å². The normalized spacial score (nSPS) is 12.1. The van der Waals surface area contributed by atoms with E-state index in [0.717, 1.165) is 16.9 Å². The highest BCUT2D eigenvalue weighted by molar-refractivity contribution is 5.35. The molecule has 1 aromatic carbocycles. The lowest BCUT2D eigenvalue weighted by molar-refractivity contribution is 0.414. The molecular weight excluding hydrogens is 202 g/mol. The molecule has 0 spiro atoms. The van der Waals surface area contributed by atoms with Gasteiger partial charge < -0.3 is 10.5 Å². The van der Waals surface area contributed by atoms with Gasteiger partial charge in [-0.1, -0.05) is 12.1 Å². The Bertz CT molecular complexity index is 459. The minimum Gasteiger partial charge on any atom is -0.497 e. The molecule has 0 aliphatic carbocycles. The van der Waals surface area contributed by atoms with E-state index >= 15 is 0 Å². The molecule has 2 rings (SSSR count). The summed E-state index contributed by atoms with van der Waals surface area (Å²) in [6.07, 6.45) is 3.31. The van der Waals surface area contributed by atoms with Crippen molar-refractivity contribution in [2.45, 2.75) is 6.04 Å². The summed E-state index contributed by atoms with van der Waals surface area (Å²) < 4.78 is 5.16. The summed E-state index contributed by atoms with van der Waals surface area (Å²) in [5.41, 5.74) is 8.04. The van der Waals surface area contributed by atoms with Crippen molar-refractivity contribution in [3.63, 3.8) is 0 Å². The molecule has 0 aliphatic rings. The molecule has 0 saturated heterocycles. The van der Waals surface area contributed by atoms with Crippen molar-refractivity contribution in [3.05, 3.63) is 53.9 Å². The molecule has 82 valence electrons. The van der Waals surface area contributed by atoms with Gasteiger partial charge in [-0.3, -0.25) is 0 Å². The fourth-order valence-corrected chi connectivity index (χ4v) is 1.51. The van der Waals surface area contributed by atoms with Crippen LogP contribution in [0.1, 0.15) is 17.2 Å². The van der Waals surface area contributed by atoms with E-state index in [9.17, 15) is 0 Å². The molecule has 0 fully saturated rings. The highest BCUT2D eigenvalue weighted by atomic mass is 16.5. The van der Waals surface area contributed by atoms with Crippen molar-refractivity contribution in [2.24, 2.45) is 5.73 Å². The minimum atomic E-state index is -0.203. The van der Waals surface area contributed by atoms with E-state index in [4.69, 9.17) is 10.5 Å². The first kappa shape index (κ1) is 10.6. The van der Waals surface area contributed by atoms with E-state index < -0.39 is 0 Å². The topological polar surface area (TPSA) is 61.0 Å². The minimum absolute atomic E-state index is 0.203. The van der Waals surface area contributed by atoms with Crippen LogP contribution in [0, 0.1) is 0 Å². The lowest BCUT2D eigenvalue weighted by atomic mass is 10.0. The van der Waals surface area contributed by atoms with Crippen LogP contribution in [0.5, 0.6) is 5.75 Å². The number of rotatable bonds is 3. The maximum Gasteiger partial charge on any atom is 0.119 e. The Morgan fingerprint density at radius 2 is 2.06 bits per heavy atom. The average molecular weight is 215 g/mol. The standard InChI is InChI=1S/C12H13N3O/c1-16-11-4-2-3-9(7-11)12(13)10-5-6-14-15-8-10/h2-8,12H,13H2,1H3. The van der Waals surface area contributed by atoms with Gasteiger partial charge in [-0.25, -0.2) is 0 Å². The van der Waals surface area contributed by atoms with Crippen LogP contribution in [0.25, 0.3) is 0 Å². The maximum absolute atomic E-state index is 6.12. The van der Waals surface area contributed by atoms with Crippen LogP contribution in [0.15, 0.2) is 42.7 Å². The maximum atomic E-state index is 6.12. The van der Waals surface area contributed by atoms with Crippen LogP contribution >= 0.6 is 0 Å². The van der Waals surface area contributed by atoms with Gasteiger partial charge in [0.05, 0.1) is 19.3 Å². The van der Waals surface area contributed by atoms with Gasteiger partial charge in [0.2, 0.25) is 0 Å². The first-order valence-electron chi connectivity index (χ1n) is 4.97. The van der Waals surface area contributed by atoms with Gasteiger partial charge in [-0.2, -0.15) is 10.2 Å². The number of hydrogen-bond donors (Lipinski definition) is 1. The average Bonchev–Trinajstić information content (AvgIpc) is 2.39. The third-order valence-electron chi connectivity index (χ3n) is 2.42. The van der Waals surface area contributed by atoms with Crippen LogP contribution in [0.3, 0.4) is 0 Å². The second-order valence-corrected chi connectivity index (χ2v) is 3.43. The summed E-state index contributed by atoms with van der Waals surface area (Å²) in [4.78, 5) is 0. The highest BCUT2D eigenvalue weighted by Gasteiger charge is 2.09. The van der Waals surface area contributed by atoms with Crippen LogP contribution in [-0.4, -0.2) is 17.3 Å². The van der Waals surface area contributed by atoms with Crippen LogP contribution in [0.2, 0.25) is 0 Å². The number of nitrogens with zero attached hydrogens (tertiary/aromatic N) is 2. The van der Waals surface area contributed by atoms with E-state index in [1.54, 1.807) is 19.5 Å². The smallest absolute Gasteiger partial charge is 0.119 e. The predicted molar refractivity (Wildman–Crippen MR) is 61.1 cm³/mol. The zero-order valence-corrected chi connectivity index (χ0v) is 9.00. The van der Waals surface area contributed by atoms with Gasteiger partial charge in [0.15, 0.2) is 0 Å². The quantitative estimate of drug-likeness (QED) is 0.843. The Morgan fingerprint density at radius 1 is 1.19 bits per heavy atom. The Morgan fingerprint density at radius 3 is 2.75 bits per heavy atom. The van der Waals surface area contributed by atoms with E-state index in [1.807, 2.05) is 30.3 Å². The summed E-state index contributed by atoms with van der Waals surface area (Å²) in [5.74, 6) is 0.801. The van der Waals surface area contributed by atoms with Crippen LogP contribution < -0.4 is 10.5 Å². The highest BCUT2D eigenvalue weighted by Crippen LogP contribution is 2.22. The fourth-order valence-electron chi connectivity index (χ4n) is 1.51. The monoisotopic (exact) mass is 215 g/mol. The van der Waals surface area contributed by atoms with Crippen molar-refractivity contribution in [1.82, 2.24) is 10.2 Å². The van der Waals surface area contributed by atoms with E-state index in [1.165, 1.54) is 0 Å². The Labute approximate surface area is 94.1 Å².